The molecule has 3 aromatic rings. The zero-order valence-corrected chi connectivity index (χ0v) is 13.3. The van der Waals surface area contributed by atoms with E-state index < -0.39 is 0 Å². The van der Waals surface area contributed by atoms with E-state index in [-0.39, 0.29) is 5.91 Å². The Hall–Kier alpha value is -2.21. The summed E-state index contributed by atoms with van der Waals surface area (Å²) in [7, 11) is 0. The average Bonchev–Trinajstić information content (AvgIpc) is 3.12. The van der Waals surface area contributed by atoms with Crippen LogP contribution in [0.3, 0.4) is 0 Å². The molecule has 0 aliphatic carbocycles. The Bertz CT molecular complexity index is 777. The minimum Gasteiger partial charge on any atom is -0.347 e. The van der Waals surface area contributed by atoms with Crippen LogP contribution >= 0.6 is 11.3 Å². The summed E-state index contributed by atoms with van der Waals surface area (Å²) in [6.07, 6.45) is 4.37. The van der Waals surface area contributed by atoms with Crippen LogP contribution in [0, 0.1) is 0 Å². The summed E-state index contributed by atoms with van der Waals surface area (Å²) in [5.41, 5.74) is 1.15. The standard InChI is InChI=1S/C16H18N4OS/c1-2-5-15-18-19-16(22-15)17-14(21)9-11-20-10-8-12-6-3-4-7-13(12)20/h3-4,6-8,10H,2,5,9,11H2,1H3,(H,17,19,21). The molecule has 114 valence electrons. The predicted octanol–water partition coefficient (Wildman–Crippen LogP) is 3.47. The molecule has 0 bridgehead atoms. The zero-order valence-electron chi connectivity index (χ0n) is 12.5. The summed E-state index contributed by atoms with van der Waals surface area (Å²) < 4.78 is 2.09. The lowest BCUT2D eigenvalue weighted by molar-refractivity contribution is -0.116. The van der Waals surface area contributed by atoms with Crippen molar-refractivity contribution in [1.82, 2.24) is 14.8 Å². The maximum atomic E-state index is 12.0. The smallest absolute Gasteiger partial charge is 0.227 e. The SMILES string of the molecule is CCCc1nnc(NC(=O)CCn2ccc3ccccc32)s1. The summed E-state index contributed by atoms with van der Waals surface area (Å²) in [4.78, 5) is 12.0. The van der Waals surface area contributed by atoms with Crippen LogP contribution in [-0.2, 0) is 17.8 Å². The lowest BCUT2D eigenvalue weighted by Crippen LogP contribution is -2.14. The molecule has 1 N–H and O–H groups in total. The van der Waals surface area contributed by atoms with Crippen LogP contribution in [0.5, 0.6) is 0 Å². The lowest BCUT2D eigenvalue weighted by Gasteiger charge is -2.05. The third-order valence-corrected chi connectivity index (χ3v) is 4.34. The van der Waals surface area contributed by atoms with Crippen molar-refractivity contribution in [1.29, 1.82) is 0 Å². The van der Waals surface area contributed by atoms with Crippen molar-refractivity contribution in [3.8, 4) is 0 Å². The highest BCUT2D eigenvalue weighted by Gasteiger charge is 2.08. The van der Waals surface area contributed by atoms with Crippen molar-refractivity contribution in [3.63, 3.8) is 0 Å². The number of para-hydroxylation sites is 1. The molecular weight excluding hydrogens is 296 g/mol. The minimum absolute atomic E-state index is 0.0306. The Balaban J connectivity index is 1.57. The number of rotatable bonds is 6. The van der Waals surface area contributed by atoms with E-state index in [1.807, 2.05) is 18.3 Å². The molecule has 0 saturated carbocycles. The van der Waals surface area contributed by atoms with Gasteiger partial charge in [0.2, 0.25) is 11.0 Å². The first kappa shape index (κ1) is 14.7. The highest BCUT2D eigenvalue weighted by molar-refractivity contribution is 7.15. The number of aromatic nitrogens is 3. The van der Waals surface area contributed by atoms with Gasteiger partial charge in [0.25, 0.3) is 0 Å². The first-order valence-corrected chi connectivity index (χ1v) is 8.24. The normalized spacial score (nSPS) is 11.0. The van der Waals surface area contributed by atoms with Gasteiger partial charge in [0.05, 0.1) is 0 Å². The highest BCUT2D eigenvalue weighted by atomic mass is 32.1. The number of hydrogen-bond acceptors (Lipinski definition) is 4. The number of nitrogens with one attached hydrogen (secondary N) is 1. The van der Waals surface area contributed by atoms with Gasteiger partial charge in [-0.3, -0.25) is 4.79 Å². The quantitative estimate of drug-likeness (QED) is 0.758. The van der Waals surface area contributed by atoms with Gasteiger partial charge in [-0.2, -0.15) is 0 Å². The van der Waals surface area contributed by atoms with Crippen LogP contribution in [0.25, 0.3) is 10.9 Å². The summed E-state index contributed by atoms with van der Waals surface area (Å²) in [6, 6.07) is 10.2. The van der Waals surface area contributed by atoms with Crippen molar-refractivity contribution >= 4 is 33.3 Å². The molecule has 1 amide bonds. The molecular formula is C16H18N4OS. The summed E-state index contributed by atoms with van der Waals surface area (Å²) >= 11 is 1.45. The number of anilines is 1. The summed E-state index contributed by atoms with van der Waals surface area (Å²) in [6.45, 7) is 2.75. The van der Waals surface area contributed by atoms with Gasteiger partial charge < -0.3 is 9.88 Å². The largest absolute Gasteiger partial charge is 0.347 e. The monoisotopic (exact) mass is 314 g/mol. The number of fused-ring (bicyclic) bond motifs is 1. The highest BCUT2D eigenvalue weighted by Crippen LogP contribution is 2.18. The molecule has 0 atom stereocenters. The van der Waals surface area contributed by atoms with Gasteiger partial charge in [0.15, 0.2) is 0 Å². The van der Waals surface area contributed by atoms with Gasteiger partial charge in [0, 0.05) is 31.1 Å². The van der Waals surface area contributed by atoms with Crippen LogP contribution in [0.4, 0.5) is 5.13 Å². The summed E-state index contributed by atoms with van der Waals surface area (Å²) in [5, 5.41) is 13.6. The Labute approximate surface area is 133 Å². The molecule has 5 nitrogen and oxygen atoms in total. The van der Waals surface area contributed by atoms with E-state index >= 15 is 0 Å². The first-order chi connectivity index (χ1) is 10.8. The molecule has 0 saturated heterocycles. The molecule has 0 unspecified atom stereocenters. The van der Waals surface area contributed by atoms with E-state index in [0.29, 0.717) is 18.1 Å². The fourth-order valence-corrected chi connectivity index (χ4v) is 3.22. The van der Waals surface area contributed by atoms with E-state index in [2.05, 4.69) is 45.2 Å². The number of aryl methyl sites for hydroxylation is 2. The van der Waals surface area contributed by atoms with Crippen molar-refractivity contribution in [2.75, 3.05) is 5.32 Å². The van der Waals surface area contributed by atoms with E-state index in [9.17, 15) is 4.79 Å². The van der Waals surface area contributed by atoms with E-state index in [1.54, 1.807) is 0 Å². The second-order valence-corrected chi connectivity index (χ2v) is 6.18. The number of benzene rings is 1. The average molecular weight is 314 g/mol. The molecule has 1 aromatic carbocycles. The van der Waals surface area contributed by atoms with Crippen molar-refractivity contribution < 1.29 is 4.79 Å². The molecule has 0 aliphatic rings. The molecule has 0 spiro atoms. The van der Waals surface area contributed by atoms with Gasteiger partial charge >= 0.3 is 0 Å². The number of hydrogen-bond donors (Lipinski definition) is 1. The van der Waals surface area contributed by atoms with Crippen LogP contribution in [-0.4, -0.2) is 20.7 Å². The zero-order chi connectivity index (χ0) is 15.4. The molecule has 0 fully saturated rings. The Morgan fingerprint density at radius 1 is 1.27 bits per heavy atom. The second-order valence-electron chi connectivity index (χ2n) is 5.12. The third kappa shape index (κ3) is 3.33. The Kier molecular flexibility index (Phi) is 4.48. The molecule has 0 aliphatic heterocycles. The van der Waals surface area contributed by atoms with Crippen molar-refractivity contribution in [2.24, 2.45) is 0 Å². The topological polar surface area (TPSA) is 59.8 Å². The van der Waals surface area contributed by atoms with Crippen LogP contribution < -0.4 is 5.32 Å². The van der Waals surface area contributed by atoms with Crippen molar-refractivity contribution in [3.05, 3.63) is 41.5 Å². The second kappa shape index (κ2) is 6.70. The molecule has 2 heterocycles. The van der Waals surface area contributed by atoms with E-state index in [0.717, 1.165) is 23.4 Å². The lowest BCUT2D eigenvalue weighted by atomic mass is 10.2. The van der Waals surface area contributed by atoms with Crippen molar-refractivity contribution in [2.45, 2.75) is 32.7 Å². The first-order valence-electron chi connectivity index (χ1n) is 7.42. The molecule has 0 radical (unpaired) electrons. The fourth-order valence-electron chi connectivity index (χ4n) is 2.36. The molecule has 2 aromatic heterocycles. The number of carbonyl (C=O) groups excluding carboxylic acids is 1. The van der Waals surface area contributed by atoms with Crippen LogP contribution in [0.1, 0.15) is 24.8 Å². The van der Waals surface area contributed by atoms with Gasteiger partial charge in [-0.05, 0) is 23.9 Å². The van der Waals surface area contributed by atoms with Crippen LogP contribution in [0.2, 0.25) is 0 Å². The Morgan fingerprint density at radius 3 is 3.00 bits per heavy atom. The maximum absolute atomic E-state index is 12.0. The Morgan fingerprint density at radius 2 is 2.14 bits per heavy atom. The maximum Gasteiger partial charge on any atom is 0.227 e. The molecule has 6 heteroatoms. The third-order valence-electron chi connectivity index (χ3n) is 3.44. The van der Waals surface area contributed by atoms with Gasteiger partial charge in [-0.1, -0.05) is 36.5 Å². The minimum atomic E-state index is -0.0306. The number of amides is 1. The van der Waals surface area contributed by atoms with E-state index in [1.165, 1.54) is 16.7 Å². The van der Waals surface area contributed by atoms with E-state index in [4.69, 9.17) is 0 Å². The fraction of sp³-hybridized carbons (Fsp3) is 0.312. The molecule has 22 heavy (non-hydrogen) atoms. The summed E-state index contributed by atoms with van der Waals surface area (Å²) in [5.74, 6) is -0.0306. The van der Waals surface area contributed by atoms with Crippen LogP contribution in [0.15, 0.2) is 36.5 Å². The number of carbonyl (C=O) groups is 1. The van der Waals surface area contributed by atoms with Gasteiger partial charge in [0.1, 0.15) is 5.01 Å². The predicted molar refractivity (Wildman–Crippen MR) is 89.1 cm³/mol. The number of nitrogens with zero attached hydrogens (tertiary/aromatic N) is 3. The molecule has 3 rings (SSSR count). The van der Waals surface area contributed by atoms with Gasteiger partial charge in [-0.25, -0.2) is 0 Å². The van der Waals surface area contributed by atoms with Gasteiger partial charge in [-0.15, -0.1) is 10.2 Å².